The van der Waals surface area contributed by atoms with Gasteiger partial charge in [0, 0.05) is 62.9 Å². The van der Waals surface area contributed by atoms with Crippen LogP contribution in [0, 0.1) is 166 Å². The smallest absolute Gasteiger partial charge is 0.180 e. The highest BCUT2D eigenvalue weighted by atomic mass is 15.1. The summed E-state index contributed by atoms with van der Waals surface area (Å²) in [6, 6.07) is 0. The van der Waals surface area contributed by atoms with E-state index in [2.05, 4.69) is 264 Å². The first-order valence-electron chi connectivity index (χ1n) is 36.6. The molecule has 0 aliphatic rings. The lowest BCUT2D eigenvalue weighted by molar-refractivity contribution is 0.758. The Balaban J connectivity index is 0.000000172. The van der Waals surface area contributed by atoms with Crippen molar-refractivity contribution in [3.05, 3.63) is 170 Å². The number of anilines is 6. The Hall–Kier alpha value is -9.06. The first-order valence-corrected chi connectivity index (χ1v) is 36.6. The van der Waals surface area contributed by atoms with Crippen molar-refractivity contribution in [3.63, 3.8) is 0 Å². The highest BCUT2D eigenvalue weighted by molar-refractivity contribution is 5.82. The molecular formula is C84H126N18. The third-order valence-corrected chi connectivity index (χ3v) is 22.2. The fourth-order valence-corrected chi connectivity index (χ4v) is 15.5. The maximum Gasteiger partial charge on any atom is 0.180 e. The van der Waals surface area contributed by atoms with Crippen molar-refractivity contribution in [1.29, 1.82) is 0 Å². The lowest BCUT2D eigenvalue weighted by Gasteiger charge is -2.17. The van der Waals surface area contributed by atoms with Crippen LogP contribution in [-0.4, -0.2) is 56.3 Å². The summed E-state index contributed by atoms with van der Waals surface area (Å²) in [5.74, 6) is 6.01. The van der Waals surface area contributed by atoms with E-state index in [9.17, 15) is 0 Å². The predicted octanol–water partition coefficient (Wildman–Crippen LogP) is 19.6. The molecule has 0 radical (unpaired) electrons. The maximum atomic E-state index is 6.35. The fourth-order valence-electron chi connectivity index (χ4n) is 15.5. The standard InChI is InChI=1S/C16H24N2.4C14H21N3.C12H18N4/c1-8(2)15-11(5)12(6)16-14(17)10(4)9(3)13(7)18(15)16;1-7(2)13-8(3)9(4)14-12(15)10(5)16-11(6)17(13)14;1-7(2)12-8(3)9(4)13-14(15)16-10(5)11(6)17(12)13;1-7(2)14-16-10(5)13-12(15)9(4)8(3)11(6)17(13)14;1-7(2)13-10(5)16-14-12(15)9(4)8(3)11(6)17(13)14;1-6(2)10-8(4)15-12-11(13)14-7(3)9(5)16(10)12/h8H,17H2,1-7H3;7H,15H2,1-6H3;7H,1-6H3,(H2,15,16);2*7H,15H2,1-6H3;6H,1-5H3,(H2,13,14). The summed E-state index contributed by atoms with van der Waals surface area (Å²) in [6.07, 6.45) is 0. The molecule has 0 atom stereocenters. The largest absolute Gasteiger partial charge is 0.397 e. The van der Waals surface area contributed by atoms with Crippen LogP contribution in [0.1, 0.15) is 288 Å². The summed E-state index contributed by atoms with van der Waals surface area (Å²) in [4.78, 5) is 27.1. The van der Waals surface area contributed by atoms with Gasteiger partial charge in [0.05, 0.1) is 79.0 Å². The molecule has 12 heterocycles. The zero-order valence-corrected chi connectivity index (χ0v) is 69.3. The molecule has 0 aliphatic heterocycles. The number of nitrogens with zero attached hydrogens (tertiary/aromatic N) is 12. The minimum atomic E-state index is 0.399. The lowest BCUT2D eigenvalue weighted by Crippen LogP contribution is -2.06. The maximum absolute atomic E-state index is 6.35. The van der Waals surface area contributed by atoms with Gasteiger partial charge in [0.2, 0.25) is 0 Å². The number of nitrogens with two attached hydrogens (primary N) is 6. The molecular weight excluding hydrogens is 1260 g/mol. The summed E-state index contributed by atoms with van der Waals surface area (Å²) < 4.78 is 13.4. The predicted molar refractivity (Wildman–Crippen MR) is 436 cm³/mol. The summed E-state index contributed by atoms with van der Waals surface area (Å²) >= 11 is 0. The van der Waals surface area contributed by atoms with E-state index in [1.54, 1.807) is 0 Å². The van der Waals surface area contributed by atoms with Crippen LogP contribution in [0.3, 0.4) is 0 Å². The zero-order valence-electron chi connectivity index (χ0n) is 69.3. The number of fused-ring (bicyclic) bond motifs is 6. The van der Waals surface area contributed by atoms with Gasteiger partial charge in [-0.1, -0.05) is 83.1 Å². The van der Waals surface area contributed by atoms with Gasteiger partial charge in [0.25, 0.3) is 0 Å². The van der Waals surface area contributed by atoms with Crippen molar-refractivity contribution < 1.29 is 0 Å². The Morgan fingerprint density at radius 1 is 0.216 bits per heavy atom. The van der Waals surface area contributed by atoms with Gasteiger partial charge in [0.1, 0.15) is 17.5 Å². The van der Waals surface area contributed by atoms with E-state index in [-0.39, 0.29) is 0 Å². The minimum absolute atomic E-state index is 0.399. The van der Waals surface area contributed by atoms with Crippen molar-refractivity contribution in [3.8, 4) is 0 Å². The van der Waals surface area contributed by atoms with Gasteiger partial charge in [-0.25, -0.2) is 29.9 Å². The van der Waals surface area contributed by atoms with Crippen molar-refractivity contribution in [1.82, 2.24) is 56.3 Å². The Morgan fingerprint density at radius 2 is 0.549 bits per heavy atom. The van der Waals surface area contributed by atoms with E-state index in [0.717, 1.165) is 108 Å². The van der Waals surface area contributed by atoms with Crippen LogP contribution in [0.25, 0.3) is 33.4 Å². The van der Waals surface area contributed by atoms with Crippen LogP contribution in [0.4, 0.5) is 34.4 Å². The fraction of sp³-hybridized carbons (Fsp3) is 0.500. The van der Waals surface area contributed by atoms with Gasteiger partial charge in [-0.2, -0.15) is 0 Å². The molecule has 0 saturated carbocycles. The zero-order chi connectivity index (χ0) is 77.4. The highest BCUT2D eigenvalue weighted by Gasteiger charge is 2.26. The molecule has 0 fully saturated rings. The number of imidazole rings is 3. The average molecular weight is 1390 g/mol. The highest BCUT2D eigenvalue weighted by Crippen LogP contribution is 2.39. The molecule has 0 unspecified atom stereocenters. The van der Waals surface area contributed by atoms with E-state index in [0.29, 0.717) is 47.1 Å². The molecule has 12 aromatic rings. The van der Waals surface area contributed by atoms with Crippen LogP contribution in [0.5, 0.6) is 0 Å². The second-order valence-corrected chi connectivity index (χ2v) is 30.8. The molecule has 12 rings (SSSR count). The molecule has 0 aliphatic carbocycles. The monoisotopic (exact) mass is 1390 g/mol. The topological polar surface area (TPSA) is 260 Å². The molecule has 0 spiro atoms. The van der Waals surface area contributed by atoms with Crippen LogP contribution >= 0.6 is 0 Å². The quantitative estimate of drug-likeness (QED) is 0.0908. The van der Waals surface area contributed by atoms with Crippen molar-refractivity contribution in [2.45, 2.75) is 285 Å². The van der Waals surface area contributed by atoms with E-state index in [4.69, 9.17) is 34.4 Å². The Bertz CT molecular complexity index is 5210. The molecule has 0 aromatic carbocycles. The third kappa shape index (κ3) is 13.8. The van der Waals surface area contributed by atoms with Crippen LogP contribution in [0.15, 0.2) is 0 Å². The Kier molecular flexibility index (Phi) is 23.7. The van der Waals surface area contributed by atoms with E-state index in [1.807, 2.05) is 41.5 Å². The molecule has 12 aromatic heterocycles. The average Bonchev–Trinajstić information content (AvgIpc) is 1.61. The van der Waals surface area contributed by atoms with Gasteiger partial charge in [-0.3, -0.25) is 17.6 Å². The van der Waals surface area contributed by atoms with Crippen molar-refractivity contribution in [2.75, 3.05) is 34.4 Å². The number of nitrogen functional groups attached to an aromatic ring is 6. The van der Waals surface area contributed by atoms with E-state index >= 15 is 0 Å². The molecule has 18 nitrogen and oxygen atoms in total. The van der Waals surface area contributed by atoms with Crippen LogP contribution < -0.4 is 34.4 Å². The lowest BCUT2D eigenvalue weighted by atomic mass is 10.0. The van der Waals surface area contributed by atoms with E-state index in [1.165, 1.54) is 118 Å². The molecule has 0 bridgehead atoms. The molecule has 12 N–H and O–H groups in total. The number of pyridine rings is 3. The molecule has 552 valence electrons. The summed E-state index contributed by atoms with van der Waals surface area (Å²) in [7, 11) is 0. The number of aromatic nitrogens is 12. The van der Waals surface area contributed by atoms with Gasteiger partial charge >= 0.3 is 0 Å². The summed E-state index contributed by atoms with van der Waals surface area (Å²) in [6.45, 7) is 76.9. The Labute approximate surface area is 609 Å². The number of rotatable bonds is 6. The summed E-state index contributed by atoms with van der Waals surface area (Å²) in [5, 5.41) is 0. The van der Waals surface area contributed by atoms with Crippen molar-refractivity contribution >= 4 is 67.7 Å². The minimum Gasteiger partial charge on any atom is -0.397 e. The second kappa shape index (κ2) is 30.1. The molecule has 18 heteroatoms. The number of hydrogen-bond donors (Lipinski definition) is 6. The number of aryl methyl sites for hydroxylation is 15. The van der Waals surface area contributed by atoms with Crippen LogP contribution in [0.2, 0.25) is 0 Å². The van der Waals surface area contributed by atoms with Gasteiger partial charge in [0.15, 0.2) is 17.1 Å². The Morgan fingerprint density at radius 3 is 0.980 bits per heavy atom. The first-order chi connectivity index (χ1) is 47.1. The summed E-state index contributed by atoms with van der Waals surface area (Å²) in [5.41, 5.74) is 80.6. The normalized spacial score (nSPS) is 11.7. The van der Waals surface area contributed by atoms with Gasteiger partial charge in [-0.15, -0.1) is 0 Å². The second-order valence-electron chi connectivity index (χ2n) is 30.8. The van der Waals surface area contributed by atoms with Gasteiger partial charge in [-0.05, 0) is 263 Å². The SMILES string of the molecule is Cc1c(C)c(C)n2c(C(C)C)c(C)c(C)c2c1N.Cc1c(C)c(C)n2c(C(C)C)nc(C)c2c1N.Cc1nc(C)n2c(C(C)C)c(C)c(C)c2c1N.Cc1nc(N)c2c(C)c(C)c(C(C)C)n2c1C.Cc1nc(N)c2nc(C)c(C(C)C)n2c1C.Cc1nc2c(N)c(C)c(C)c(C)n2c1C(C)C. The number of hydrogen-bond acceptors (Lipinski definition) is 12. The molecule has 0 amide bonds. The molecule has 0 saturated heterocycles. The third-order valence-electron chi connectivity index (χ3n) is 22.2. The van der Waals surface area contributed by atoms with Crippen molar-refractivity contribution in [2.24, 2.45) is 0 Å². The van der Waals surface area contributed by atoms with E-state index < -0.39 is 0 Å². The molecule has 102 heavy (non-hydrogen) atoms. The first kappa shape index (κ1) is 80.3. The van der Waals surface area contributed by atoms with Gasteiger partial charge < -0.3 is 43.2 Å². The van der Waals surface area contributed by atoms with Crippen LogP contribution in [-0.2, 0) is 0 Å².